The van der Waals surface area contributed by atoms with Gasteiger partial charge in [0.15, 0.2) is 6.10 Å². The normalized spacial score (nSPS) is 16.5. The lowest BCUT2D eigenvalue weighted by molar-refractivity contribution is -0.124. The molecule has 6 nitrogen and oxygen atoms in total. The lowest BCUT2D eigenvalue weighted by Gasteiger charge is -2.27. The van der Waals surface area contributed by atoms with Gasteiger partial charge in [0, 0.05) is 15.6 Å². The van der Waals surface area contributed by atoms with Crippen molar-refractivity contribution in [3.63, 3.8) is 0 Å². The van der Waals surface area contributed by atoms with E-state index in [2.05, 4.69) is 26.0 Å². The molecule has 0 bridgehead atoms. The number of carbonyl (C=O) groups is 1. The number of nitrogens with one attached hydrogen (secondary N) is 2. The largest absolute Gasteiger partial charge is 0.478 e. The van der Waals surface area contributed by atoms with E-state index < -0.39 is 16.1 Å². The number of amides is 1. The first kappa shape index (κ1) is 20.0. The smallest absolute Gasteiger partial charge is 0.265 e. The Morgan fingerprint density at radius 1 is 1.30 bits per heavy atom. The summed E-state index contributed by atoms with van der Waals surface area (Å²) in [6.07, 6.45) is -0.125. The zero-order valence-electron chi connectivity index (χ0n) is 14.6. The number of fused-ring (bicyclic) bond motifs is 1. The highest BCUT2D eigenvalue weighted by atomic mass is 79.9. The van der Waals surface area contributed by atoms with E-state index in [0.29, 0.717) is 33.0 Å². The first-order chi connectivity index (χ1) is 12.7. The maximum absolute atomic E-state index is 12.8. The van der Waals surface area contributed by atoms with Crippen LogP contribution in [0.5, 0.6) is 5.75 Å². The Hall–Kier alpha value is -1.77. The third kappa shape index (κ3) is 4.56. The van der Waals surface area contributed by atoms with Crippen LogP contribution in [0, 0.1) is 5.92 Å². The number of anilines is 2. The molecule has 9 heteroatoms. The Kier molecular flexibility index (Phi) is 5.69. The fraction of sp³-hybridized carbons (Fsp3) is 0.278. The second-order valence-corrected chi connectivity index (χ2v) is 9.56. The molecule has 0 aromatic heterocycles. The van der Waals surface area contributed by atoms with E-state index in [9.17, 15) is 13.2 Å². The maximum atomic E-state index is 12.8. The highest BCUT2D eigenvalue weighted by molar-refractivity contribution is 9.10. The standard InChI is InChI=1S/C18H18BrClN2O4S/c1-10(2)6-16-18(23)21-14-8-13(19)17(9-15(14)26-16)27(24,25)22-12-5-3-4-11(20)7-12/h3-5,7-10,16,22H,6H2,1-2H3,(H,21,23). The third-order valence-corrected chi connectivity index (χ3v) is 6.48. The van der Waals surface area contributed by atoms with Gasteiger partial charge in [0.05, 0.1) is 11.4 Å². The minimum Gasteiger partial charge on any atom is -0.478 e. The number of ether oxygens (including phenoxy) is 1. The molecule has 0 fully saturated rings. The zero-order valence-corrected chi connectivity index (χ0v) is 17.8. The van der Waals surface area contributed by atoms with Gasteiger partial charge < -0.3 is 10.1 Å². The Bertz CT molecular complexity index is 995. The van der Waals surface area contributed by atoms with Crippen LogP contribution in [0.1, 0.15) is 20.3 Å². The average Bonchev–Trinajstić information content (AvgIpc) is 2.54. The Labute approximate surface area is 171 Å². The molecule has 1 amide bonds. The molecule has 2 N–H and O–H groups in total. The Morgan fingerprint density at radius 2 is 2.04 bits per heavy atom. The summed E-state index contributed by atoms with van der Waals surface area (Å²) in [5, 5.41) is 3.18. The Balaban J connectivity index is 1.94. The van der Waals surface area contributed by atoms with Crippen molar-refractivity contribution in [2.45, 2.75) is 31.3 Å². The van der Waals surface area contributed by atoms with Crippen LogP contribution in [0.2, 0.25) is 5.02 Å². The highest BCUT2D eigenvalue weighted by Crippen LogP contribution is 2.38. The number of hydrogen-bond donors (Lipinski definition) is 2. The number of hydrogen-bond acceptors (Lipinski definition) is 4. The molecule has 0 spiro atoms. The van der Waals surface area contributed by atoms with E-state index in [1.165, 1.54) is 18.2 Å². The van der Waals surface area contributed by atoms with E-state index in [0.717, 1.165) is 0 Å². The van der Waals surface area contributed by atoms with Crippen LogP contribution in [0.15, 0.2) is 45.8 Å². The van der Waals surface area contributed by atoms with Gasteiger partial charge in [-0.05, 0) is 52.5 Å². The Morgan fingerprint density at radius 3 is 2.70 bits per heavy atom. The van der Waals surface area contributed by atoms with Gasteiger partial charge in [-0.3, -0.25) is 9.52 Å². The second-order valence-electron chi connectivity index (χ2n) is 6.62. The minimum absolute atomic E-state index is 0.000622. The molecule has 144 valence electrons. The molecule has 0 radical (unpaired) electrons. The second kappa shape index (κ2) is 7.69. The van der Waals surface area contributed by atoms with Gasteiger partial charge in [-0.2, -0.15) is 0 Å². The molecule has 1 unspecified atom stereocenters. The van der Waals surface area contributed by atoms with Crippen molar-refractivity contribution in [3.05, 3.63) is 45.9 Å². The average molecular weight is 474 g/mol. The molecule has 0 saturated heterocycles. The lowest BCUT2D eigenvalue weighted by Crippen LogP contribution is -2.38. The zero-order chi connectivity index (χ0) is 19.8. The predicted molar refractivity (Wildman–Crippen MR) is 109 cm³/mol. The van der Waals surface area contributed by atoms with E-state index in [1.54, 1.807) is 18.2 Å². The van der Waals surface area contributed by atoms with Crippen molar-refractivity contribution in [1.82, 2.24) is 0 Å². The van der Waals surface area contributed by atoms with Crippen LogP contribution >= 0.6 is 27.5 Å². The quantitative estimate of drug-likeness (QED) is 0.662. The van der Waals surface area contributed by atoms with Crippen LogP contribution in [-0.2, 0) is 14.8 Å². The van der Waals surface area contributed by atoms with Gasteiger partial charge in [0.25, 0.3) is 15.9 Å². The number of carbonyl (C=O) groups excluding carboxylic acids is 1. The van der Waals surface area contributed by atoms with Crippen LogP contribution in [0.4, 0.5) is 11.4 Å². The summed E-state index contributed by atoms with van der Waals surface area (Å²) in [6, 6.07) is 9.34. The van der Waals surface area contributed by atoms with Crippen molar-refractivity contribution in [2.24, 2.45) is 5.92 Å². The van der Waals surface area contributed by atoms with Gasteiger partial charge in [0.1, 0.15) is 10.6 Å². The molecule has 0 saturated carbocycles. The summed E-state index contributed by atoms with van der Waals surface area (Å²) in [4.78, 5) is 12.2. The molecular formula is C18H18BrClN2O4S. The third-order valence-electron chi connectivity index (χ3n) is 3.91. The summed E-state index contributed by atoms with van der Waals surface area (Å²) >= 11 is 9.18. The van der Waals surface area contributed by atoms with Crippen LogP contribution < -0.4 is 14.8 Å². The van der Waals surface area contributed by atoms with Crippen LogP contribution in [0.25, 0.3) is 0 Å². The van der Waals surface area contributed by atoms with E-state index in [-0.39, 0.29) is 16.7 Å². The fourth-order valence-corrected chi connectivity index (χ4v) is 5.00. The van der Waals surface area contributed by atoms with Gasteiger partial charge in [-0.25, -0.2) is 8.42 Å². The summed E-state index contributed by atoms with van der Waals surface area (Å²) in [7, 11) is -3.90. The number of benzene rings is 2. The lowest BCUT2D eigenvalue weighted by atomic mass is 10.0. The number of halogens is 2. The monoisotopic (exact) mass is 472 g/mol. The first-order valence-electron chi connectivity index (χ1n) is 8.25. The molecule has 2 aromatic carbocycles. The van der Waals surface area contributed by atoms with E-state index in [1.807, 2.05) is 13.8 Å². The first-order valence-corrected chi connectivity index (χ1v) is 10.9. The van der Waals surface area contributed by atoms with Crippen molar-refractivity contribution < 1.29 is 17.9 Å². The molecule has 0 aliphatic carbocycles. The minimum atomic E-state index is -3.90. The van der Waals surface area contributed by atoms with E-state index >= 15 is 0 Å². The van der Waals surface area contributed by atoms with Crippen molar-refractivity contribution in [2.75, 3.05) is 10.0 Å². The molecule has 27 heavy (non-hydrogen) atoms. The molecule has 3 rings (SSSR count). The van der Waals surface area contributed by atoms with E-state index in [4.69, 9.17) is 16.3 Å². The fourth-order valence-electron chi connectivity index (χ4n) is 2.70. The number of rotatable bonds is 5. The molecule has 1 aliphatic heterocycles. The molecule has 1 aliphatic rings. The summed E-state index contributed by atoms with van der Waals surface area (Å²) in [5.41, 5.74) is 0.771. The van der Waals surface area contributed by atoms with Gasteiger partial charge >= 0.3 is 0 Å². The topological polar surface area (TPSA) is 84.5 Å². The molecule has 1 atom stereocenters. The molecular weight excluding hydrogens is 456 g/mol. The predicted octanol–water partition coefficient (Wildman–Crippen LogP) is 4.65. The van der Waals surface area contributed by atoms with Crippen molar-refractivity contribution in [1.29, 1.82) is 0 Å². The highest BCUT2D eigenvalue weighted by Gasteiger charge is 2.31. The van der Waals surface area contributed by atoms with Gasteiger partial charge in [-0.1, -0.05) is 31.5 Å². The molecule has 1 heterocycles. The van der Waals surface area contributed by atoms with Gasteiger partial charge in [0.2, 0.25) is 0 Å². The summed E-state index contributed by atoms with van der Waals surface area (Å²) < 4.78 is 34.2. The van der Waals surface area contributed by atoms with Crippen molar-refractivity contribution >= 4 is 54.8 Å². The summed E-state index contributed by atoms with van der Waals surface area (Å²) in [6.45, 7) is 3.97. The molecule has 2 aromatic rings. The van der Waals surface area contributed by atoms with Crippen LogP contribution in [0.3, 0.4) is 0 Å². The van der Waals surface area contributed by atoms with Crippen LogP contribution in [-0.4, -0.2) is 20.4 Å². The maximum Gasteiger partial charge on any atom is 0.265 e. The summed E-state index contributed by atoms with van der Waals surface area (Å²) in [5.74, 6) is 0.330. The van der Waals surface area contributed by atoms with Crippen molar-refractivity contribution in [3.8, 4) is 5.75 Å². The van der Waals surface area contributed by atoms with Gasteiger partial charge in [-0.15, -0.1) is 0 Å². The SMILES string of the molecule is CC(C)CC1Oc2cc(S(=O)(=O)Nc3cccc(Cl)c3)c(Br)cc2NC1=O. The number of sulfonamides is 1.